The molecule has 13 heteroatoms. The maximum atomic E-state index is 11.8. The van der Waals surface area contributed by atoms with Gasteiger partial charge in [0.2, 0.25) is 0 Å². The molecule has 0 radical (unpaired) electrons. The van der Waals surface area contributed by atoms with Gasteiger partial charge in [0.15, 0.2) is 0 Å². The minimum atomic E-state index is -1.07. The maximum Gasteiger partial charge on any atom is 2.00 e. The molecule has 4 aromatic carbocycles. The minimum absolute atomic E-state index is 0. The summed E-state index contributed by atoms with van der Waals surface area (Å²) in [5.41, 5.74) is 9.53. The van der Waals surface area contributed by atoms with Gasteiger partial charge in [0, 0.05) is 0 Å². The van der Waals surface area contributed by atoms with Crippen molar-refractivity contribution >= 4 is 70.2 Å². The summed E-state index contributed by atoms with van der Waals surface area (Å²) in [5, 5.41) is 38.7. The SMILES string of the molecule is O=C(O)c1ccc(-c2c3nc(c(-c4ccc(C(=O)O)cc4)c4ccc([n-]4)c(-c4ccc(C(=O)O)cc4)c4nc(c(-c5ccc(C(=O)O)cc5)c5ccc2[n-]5)C=C4)C=C3)cc1.[Cd+2]. The van der Waals surface area contributed by atoms with E-state index in [0.29, 0.717) is 89.4 Å². The summed E-state index contributed by atoms with van der Waals surface area (Å²) in [6.45, 7) is 0. The van der Waals surface area contributed by atoms with Gasteiger partial charge in [0.25, 0.3) is 0 Å². The van der Waals surface area contributed by atoms with Gasteiger partial charge < -0.3 is 30.4 Å². The molecule has 290 valence electrons. The standard InChI is InChI=1S/C48H30N4O8.Cd/c53-45(54)29-9-1-25(2-10-29)41-33-17-19-35(49-33)42(26-3-11-30(12-4-26)46(55)56)37-21-23-39(51-37)44(28-7-15-32(16-8-28)48(59)60)40-24-22-38(52-40)43(36-20-18-34(41)50-36)27-5-13-31(14-6-27)47(57)58;/h1-24H,(H6,49,50,51,52,53,54,55,56,57,58,59,60);/q;+2/p-2. The van der Waals surface area contributed by atoms with Crippen molar-refractivity contribution in [2.24, 2.45) is 0 Å². The number of nitrogens with zero attached hydrogens (tertiary/aromatic N) is 4. The molecule has 0 saturated carbocycles. The van der Waals surface area contributed by atoms with E-state index in [1.807, 2.05) is 48.6 Å². The van der Waals surface area contributed by atoms with Crippen LogP contribution < -0.4 is 9.97 Å². The van der Waals surface area contributed by atoms with Crippen LogP contribution in [0.15, 0.2) is 121 Å². The van der Waals surface area contributed by atoms with Crippen molar-refractivity contribution in [2.75, 3.05) is 0 Å². The van der Waals surface area contributed by atoms with Gasteiger partial charge in [-0.3, -0.25) is 0 Å². The Balaban J connectivity index is 0.00000514. The summed E-state index contributed by atoms with van der Waals surface area (Å²) < 4.78 is 0. The summed E-state index contributed by atoms with van der Waals surface area (Å²) in [6.07, 6.45) is 7.33. The Morgan fingerprint density at radius 2 is 0.525 bits per heavy atom. The monoisotopic (exact) mass is 902 g/mol. The van der Waals surface area contributed by atoms with Crippen LogP contribution in [0.2, 0.25) is 0 Å². The Morgan fingerprint density at radius 1 is 0.328 bits per heavy atom. The number of rotatable bonds is 8. The first-order valence-corrected chi connectivity index (χ1v) is 18.4. The predicted octanol–water partition coefficient (Wildman–Crippen LogP) is 9.37. The van der Waals surface area contributed by atoms with Crippen LogP contribution in [0.25, 0.3) is 90.9 Å². The second-order valence-corrected chi connectivity index (χ2v) is 13.9. The third-order valence-corrected chi connectivity index (χ3v) is 10.3. The quantitative estimate of drug-likeness (QED) is 0.105. The van der Waals surface area contributed by atoms with Crippen molar-refractivity contribution < 1.29 is 66.9 Å². The van der Waals surface area contributed by atoms with E-state index in [2.05, 4.69) is 0 Å². The van der Waals surface area contributed by atoms with E-state index in [0.717, 1.165) is 0 Å². The molecule has 0 amide bonds. The molecule has 0 saturated heterocycles. The van der Waals surface area contributed by atoms with Crippen LogP contribution in [0.4, 0.5) is 0 Å². The van der Waals surface area contributed by atoms with Crippen LogP contribution in [0.5, 0.6) is 0 Å². The van der Waals surface area contributed by atoms with Gasteiger partial charge in [-0.05, 0) is 117 Å². The zero-order valence-corrected chi connectivity index (χ0v) is 35.8. The molecule has 2 aliphatic heterocycles. The summed E-state index contributed by atoms with van der Waals surface area (Å²) in [5.74, 6) is -4.30. The van der Waals surface area contributed by atoms with Crippen LogP contribution in [-0.4, -0.2) is 54.3 Å². The van der Waals surface area contributed by atoms with Gasteiger partial charge in [0.1, 0.15) is 0 Å². The van der Waals surface area contributed by atoms with Crippen LogP contribution in [-0.2, 0) is 27.3 Å². The van der Waals surface area contributed by atoms with Crippen molar-refractivity contribution in [1.82, 2.24) is 19.9 Å². The molecule has 3 aromatic heterocycles. The smallest absolute Gasteiger partial charge is 0.657 e. The third-order valence-electron chi connectivity index (χ3n) is 10.3. The zero-order chi connectivity index (χ0) is 41.7. The van der Waals surface area contributed by atoms with E-state index >= 15 is 0 Å². The summed E-state index contributed by atoms with van der Waals surface area (Å²) in [7, 11) is 0. The van der Waals surface area contributed by atoms with E-state index in [1.54, 1.807) is 48.5 Å². The molecule has 9 rings (SSSR count). The molecule has 0 unspecified atom stereocenters. The van der Waals surface area contributed by atoms with E-state index in [-0.39, 0.29) is 49.6 Å². The van der Waals surface area contributed by atoms with Gasteiger partial charge in [-0.15, -0.1) is 22.1 Å². The molecule has 61 heavy (non-hydrogen) atoms. The average molecular weight is 901 g/mol. The zero-order valence-electron chi connectivity index (χ0n) is 31.8. The number of aromatic nitrogens is 4. The summed E-state index contributed by atoms with van der Waals surface area (Å²) >= 11 is 0. The Labute approximate surface area is 366 Å². The summed E-state index contributed by atoms with van der Waals surface area (Å²) in [4.78, 5) is 67.8. The fourth-order valence-corrected chi connectivity index (χ4v) is 7.39. The molecule has 8 bridgehead atoms. The second-order valence-electron chi connectivity index (χ2n) is 13.9. The van der Waals surface area contributed by atoms with Crippen molar-refractivity contribution in [3.63, 3.8) is 0 Å². The van der Waals surface area contributed by atoms with Crippen molar-refractivity contribution in [3.05, 3.63) is 166 Å². The second kappa shape index (κ2) is 16.1. The van der Waals surface area contributed by atoms with Crippen LogP contribution in [0.1, 0.15) is 64.2 Å². The molecular formula is C48H28CdN4O8. The Hall–Kier alpha value is -7.72. The molecule has 7 aromatic rings. The first-order valence-electron chi connectivity index (χ1n) is 18.4. The molecule has 5 heterocycles. The summed E-state index contributed by atoms with van der Waals surface area (Å²) in [6, 6.07) is 33.0. The van der Waals surface area contributed by atoms with Gasteiger partial charge in [0.05, 0.1) is 45.0 Å². The van der Waals surface area contributed by atoms with Crippen LogP contribution >= 0.6 is 0 Å². The first kappa shape index (κ1) is 40.1. The van der Waals surface area contributed by atoms with Gasteiger partial charge in [-0.2, -0.15) is 0 Å². The number of hydrogen-bond acceptors (Lipinski definition) is 6. The molecule has 0 fully saturated rings. The fraction of sp³-hybridized carbons (Fsp3) is 0. The predicted molar refractivity (Wildman–Crippen MR) is 226 cm³/mol. The Kier molecular flexibility index (Phi) is 10.6. The number of carbonyl (C=O) groups is 4. The topological polar surface area (TPSA) is 203 Å². The molecule has 0 spiro atoms. The number of carboxylic acids is 4. The number of aromatic carboxylic acids is 4. The average Bonchev–Trinajstić information content (AvgIpc) is 4.10. The fourth-order valence-electron chi connectivity index (χ4n) is 7.39. The van der Waals surface area contributed by atoms with Crippen LogP contribution in [0, 0.1) is 0 Å². The molecule has 0 aliphatic carbocycles. The molecule has 12 nitrogen and oxygen atoms in total. The number of benzene rings is 4. The molecule has 2 aliphatic rings. The van der Waals surface area contributed by atoms with Gasteiger partial charge >= 0.3 is 51.2 Å². The molecular weight excluding hydrogens is 873 g/mol. The van der Waals surface area contributed by atoms with E-state index in [1.165, 1.54) is 48.5 Å². The van der Waals surface area contributed by atoms with Gasteiger partial charge in [-0.25, -0.2) is 29.1 Å². The number of hydrogen-bond donors (Lipinski definition) is 4. The third kappa shape index (κ3) is 7.55. The normalized spacial score (nSPS) is 11.5. The minimum Gasteiger partial charge on any atom is -0.657 e. The first-order chi connectivity index (χ1) is 29.0. The largest absolute Gasteiger partial charge is 2.00 e. The molecule has 0 atom stereocenters. The number of fused-ring (bicyclic) bond motifs is 8. The number of carboxylic acid groups (broad SMARTS) is 4. The van der Waals surface area contributed by atoms with Crippen molar-refractivity contribution in [2.45, 2.75) is 0 Å². The Morgan fingerprint density at radius 3 is 0.705 bits per heavy atom. The van der Waals surface area contributed by atoms with Gasteiger partial charge in [-0.1, -0.05) is 72.8 Å². The van der Waals surface area contributed by atoms with E-state index in [4.69, 9.17) is 19.9 Å². The molecule has 4 N–H and O–H groups in total. The maximum absolute atomic E-state index is 11.8. The van der Waals surface area contributed by atoms with Crippen molar-refractivity contribution in [1.29, 1.82) is 0 Å². The Bertz CT molecular complexity index is 2760. The van der Waals surface area contributed by atoms with Crippen molar-refractivity contribution in [3.8, 4) is 44.5 Å². The van der Waals surface area contributed by atoms with E-state index < -0.39 is 23.9 Å². The van der Waals surface area contributed by atoms with Crippen LogP contribution in [0.3, 0.4) is 0 Å². The van der Waals surface area contributed by atoms with E-state index in [9.17, 15) is 39.6 Å².